The first-order valence-electron chi connectivity index (χ1n) is 2.88. The summed E-state index contributed by atoms with van der Waals surface area (Å²) in [6.07, 6.45) is 0. The van der Waals surface area contributed by atoms with Crippen molar-refractivity contribution in [2.75, 3.05) is 20.0 Å². The second kappa shape index (κ2) is 2.73. The first-order chi connectivity index (χ1) is 4.81. The van der Waals surface area contributed by atoms with E-state index in [1.165, 1.54) is 6.66 Å². The zero-order chi connectivity index (χ0) is 8.70. The van der Waals surface area contributed by atoms with E-state index in [2.05, 4.69) is 13.5 Å². The van der Waals surface area contributed by atoms with E-state index in [-0.39, 0.29) is 0 Å². The molecule has 0 saturated heterocycles. The van der Waals surface area contributed by atoms with Crippen LogP contribution >= 0.6 is 22.9 Å². The van der Waals surface area contributed by atoms with Gasteiger partial charge in [0.1, 0.15) is 7.21 Å². The highest BCUT2D eigenvalue weighted by Gasteiger charge is 2.30. The van der Waals surface area contributed by atoms with Gasteiger partial charge in [0, 0.05) is 11.2 Å². The summed E-state index contributed by atoms with van der Waals surface area (Å²) in [7, 11) is -7.47. The molecule has 0 saturated carbocycles. The molecular formula is C3H9F2N3P3+. The Hall–Kier alpha value is 0.420. The van der Waals surface area contributed by atoms with Crippen LogP contribution in [0.1, 0.15) is 0 Å². The lowest BCUT2D eigenvalue weighted by Gasteiger charge is -2.07. The van der Waals surface area contributed by atoms with Crippen molar-refractivity contribution >= 4 is 22.9 Å². The molecule has 2 atom stereocenters. The summed E-state index contributed by atoms with van der Waals surface area (Å²) in [6, 6.07) is 0. The van der Waals surface area contributed by atoms with Crippen molar-refractivity contribution in [1.29, 1.82) is 0 Å². The van der Waals surface area contributed by atoms with Crippen molar-refractivity contribution in [3.63, 3.8) is 0 Å². The van der Waals surface area contributed by atoms with Gasteiger partial charge in [-0.3, -0.25) is 0 Å². The van der Waals surface area contributed by atoms with Gasteiger partial charge in [0.05, 0.1) is 4.20 Å². The zero-order valence-electron chi connectivity index (χ0n) is 6.44. The Bertz CT molecular complexity index is 300. The molecule has 3 nitrogen and oxygen atoms in total. The van der Waals surface area contributed by atoms with Crippen molar-refractivity contribution < 1.29 is 8.39 Å². The highest BCUT2D eigenvalue weighted by Crippen LogP contribution is 2.69. The first-order valence-corrected chi connectivity index (χ1v) is 8.64. The molecule has 0 spiro atoms. The maximum atomic E-state index is 13.1. The highest BCUT2D eigenvalue weighted by atomic mass is 31.3. The van der Waals surface area contributed by atoms with Gasteiger partial charge in [-0.15, -0.1) is 0 Å². The van der Waals surface area contributed by atoms with Crippen LogP contribution in [0.5, 0.6) is 0 Å². The van der Waals surface area contributed by atoms with Crippen LogP contribution in [0.15, 0.2) is 13.5 Å². The Labute approximate surface area is 65.6 Å². The molecule has 0 amide bonds. The average molecular weight is 218 g/mol. The van der Waals surface area contributed by atoms with E-state index in [1.807, 2.05) is 0 Å². The SMILES string of the molecule is CP1(C)=N[P+](F)=NP(C)(F)=N1. The zero-order valence-corrected chi connectivity index (χ0v) is 9.12. The van der Waals surface area contributed by atoms with Gasteiger partial charge in [0.15, 0.2) is 0 Å². The lowest BCUT2D eigenvalue weighted by atomic mass is 11.9. The molecule has 0 aliphatic carbocycles. The third kappa shape index (κ3) is 2.74. The van der Waals surface area contributed by atoms with E-state index in [9.17, 15) is 8.39 Å². The van der Waals surface area contributed by atoms with E-state index < -0.39 is 22.9 Å². The largest absolute Gasteiger partial charge is 0.590 e. The molecule has 0 aromatic heterocycles. The summed E-state index contributed by atoms with van der Waals surface area (Å²) in [5, 5.41) is 0. The molecule has 0 fully saturated rings. The van der Waals surface area contributed by atoms with Gasteiger partial charge >= 0.3 is 8.17 Å². The van der Waals surface area contributed by atoms with Gasteiger partial charge in [0.25, 0.3) is 7.52 Å². The molecule has 1 aliphatic rings. The van der Waals surface area contributed by atoms with E-state index in [0.29, 0.717) is 0 Å². The molecule has 0 N–H and O–H groups in total. The predicted octanol–water partition coefficient (Wildman–Crippen LogP) is 4.47. The lowest BCUT2D eigenvalue weighted by molar-refractivity contribution is 0.872. The summed E-state index contributed by atoms with van der Waals surface area (Å²) in [5.74, 6) is 0. The predicted molar refractivity (Wildman–Crippen MR) is 48.0 cm³/mol. The van der Waals surface area contributed by atoms with Crippen LogP contribution in [-0.4, -0.2) is 20.0 Å². The van der Waals surface area contributed by atoms with Crippen molar-refractivity contribution in [3.05, 3.63) is 0 Å². The van der Waals surface area contributed by atoms with Gasteiger partial charge in [-0.25, -0.2) is 4.52 Å². The smallest absolute Gasteiger partial charge is 0.206 e. The number of halogens is 2. The molecule has 64 valence electrons. The van der Waals surface area contributed by atoms with Gasteiger partial charge in [0.2, 0.25) is 0 Å². The van der Waals surface area contributed by atoms with Crippen LogP contribution in [0.3, 0.4) is 0 Å². The number of rotatable bonds is 0. The maximum Gasteiger partial charge on any atom is 0.590 e. The van der Waals surface area contributed by atoms with E-state index in [0.717, 1.165) is 0 Å². The van der Waals surface area contributed by atoms with Crippen molar-refractivity contribution in [2.45, 2.75) is 0 Å². The van der Waals surface area contributed by atoms with Gasteiger partial charge in [-0.05, 0) is 17.8 Å². The normalized spacial score (nSPS) is 38.5. The summed E-state index contributed by atoms with van der Waals surface area (Å²) >= 11 is 0. The summed E-state index contributed by atoms with van der Waals surface area (Å²) < 4.78 is 36.5. The van der Waals surface area contributed by atoms with Crippen molar-refractivity contribution in [2.24, 2.45) is 13.5 Å². The molecule has 0 radical (unpaired) electrons. The number of hydrogen-bond donors (Lipinski definition) is 0. The Balaban J connectivity index is 3.31. The van der Waals surface area contributed by atoms with Crippen LogP contribution in [0.25, 0.3) is 0 Å². The fraction of sp³-hybridized carbons (Fsp3) is 1.00. The van der Waals surface area contributed by atoms with E-state index >= 15 is 0 Å². The fourth-order valence-electron chi connectivity index (χ4n) is 0.768. The minimum atomic E-state index is -3.15. The second-order valence-electron chi connectivity index (χ2n) is 2.66. The highest BCUT2D eigenvalue weighted by molar-refractivity contribution is 7.79. The summed E-state index contributed by atoms with van der Waals surface area (Å²) in [6.45, 7) is 4.64. The summed E-state index contributed by atoms with van der Waals surface area (Å²) in [4.78, 5) is 0. The molecule has 1 aliphatic heterocycles. The Morgan fingerprint density at radius 1 is 1.27 bits per heavy atom. The second-order valence-corrected chi connectivity index (χ2v) is 9.58. The average Bonchev–Trinajstić information content (AvgIpc) is 1.49. The van der Waals surface area contributed by atoms with Crippen molar-refractivity contribution in [1.82, 2.24) is 0 Å². The van der Waals surface area contributed by atoms with E-state index in [1.54, 1.807) is 13.3 Å². The Morgan fingerprint density at radius 2 is 1.82 bits per heavy atom. The molecule has 8 heteroatoms. The Kier molecular flexibility index (Phi) is 2.36. The topological polar surface area (TPSA) is 37.1 Å². The molecular weight excluding hydrogens is 209 g/mol. The van der Waals surface area contributed by atoms with Gasteiger partial charge < -0.3 is 0 Å². The van der Waals surface area contributed by atoms with Crippen LogP contribution in [0.2, 0.25) is 0 Å². The molecule has 0 aromatic carbocycles. The van der Waals surface area contributed by atoms with E-state index in [4.69, 9.17) is 0 Å². The monoisotopic (exact) mass is 218 g/mol. The van der Waals surface area contributed by atoms with Crippen LogP contribution in [-0.2, 0) is 0 Å². The molecule has 2 unspecified atom stereocenters. The minimum absolute atomic E-state index is 1.26. The standard InChI is InChI=1S/C3H9F2N3P3/c1-10(2)6-9(4)7-11(3,5)8-10/h1-3H3/q+1. The minimum Gasteiger partial charge on any atom is -0.206 e. The molecule has 0 bridgehead atoms. The van der Waals surface area contributed by atoms with Gasteiger partial charge in [-0.2, -0.15) is 4.20 Å². The van der Waals surface area contributed by atoms with Crippen LogP contribution < -0.4 is 0 Å². The van der Waals surface area contributed by atoms with Gasteiger partial charge in [-0.1, -0.05) is 0 Å². The van der Waals surface area contributed by atoms with Crippen LogP contribution in [0, 0.1) is 0 Å². The third-order valence-electron chi connectivity index (χ3n) is 0.912. The van der Waals surface area contributed by atoms with Crippen LogP contribution in [0.4, 0.5) is 8.39 Å². The number of hydrogen-bond acceptors (Lipinski definition) is 3. The molecule has 11 heavy (non-hydrogen) atoms. The molecule has 1 heterocycles. The number of nitrogens with zero attached hydrogens (tertiary/aromatic N) is 3. The van der Waals surface area contributed by atoms with Crippen molar-refractivity contribution in [3.8, 4) is 0 Å². The maximum absolute atomic E-state index is 13.1. The quantitative estimate of drug-likeness (QED) is 0.538. The third-order valence-corrected chi connectivity index (χ3v) is 8.21. The fourth-order valence-corrected chi connectivity index (χ4v) is 7.88. The molecule has 0 aromatic rings. The first kappa shape index (κ1) is 9.51. The lowest BCUT2D eigenvalue weighted by Crippen LogP contribution is -1.72. The Morgan fingerprint density at radius 3 is 2.18 bits per heavy atom. The molecule has 1 rings (SSSR count). The summed E-state index contributed by atoms with van der Waals surface area (Å²) in [5.41, 5.74) is 0.